The minimum atomic E-state index is -0.400. The average Bonchev–Trinajstić information content (AvgIpc) is 3.57. The third-order valence-electron chi connectivity index (χ3n) is 7.30. The SMILES string of the molecule is CC(c1c[nH]c2ccc(OCC(=O)N3CCN(c4ccc([N+](=O)[O-])cc4)CC3)cc12)C1CCCN1. The summed E-state index contributed by atoms with van der Waals surface area (Å²) in [6, 6.07) is 13.0. The molecule has 3 aromatic rings. The molecule has 9 nitrogen and oxygen atoms in total. The van der Waals surface area contributed by atoms with Gasteiger partial charge in [0.25, 0.3) is 11.6 Å². The molecule has 184 valence electrons. The first-order valence-corrected chi connectivity index (χ1v) is 12.2. The topological polar surface area (TPSA) is 104 Å². The van der Waals surface area contributed by atoms with Gasteiger partial charge in [-0.15, -0.1) is 0 Å². The number of hydrogen-bond acceptors (Lipinski definition) is 6. The number of non-ortho nitro benzene ring substituents is 1. The Balaban J connectivity index is 1.16. The Kier molecular flexibility index (Phi) is 6.59. The van der Waals surface area contributed by atoms with E-state index in [0.29, 0.717) is 43.9 Å². The molecular weight excluding hydrogens is 446 g/mol. The maximum atomic E-state index is 12.8. The van der Waals surface area contributed by atoms with Gasteiger partial charge in [0.1, 0.15) is 5.75 Å². The van der Waals surface area contributed by atoms with Crippen molar-refractivity contribution in [2.24, 2.45) is 0 Å². The predicted molar refractivity (Wildman–Crippen MR) is 135 cm³/mol. The highest BCUT2D eigenvalue weighted by molar-refractivity contribution is 5.85. The van der Waals surface area contributed by atoms with E-state index in [9.17, 15) is 14.9 Å². The van der Waals surface area contributed by atoms with Crippen molar-refractivity contribution >= 4 is 28.2 Å². The van der Waals surface area contributed by atoms with Gasteiger partial charge in [-0.05, 0) is 61.2 Å². The molecular formula is C26H31N5O4. The van der Waals surface area contributed by atoms with Gasteiger partial charge in [-0.25, -0.2) is 0 Å². The molecule has 2 fully saturated rings. The molecule has 9 heteroatoms. The van der Waals surface area contributed by atoms with Crippen LogP contribution in [0.15, 0.2) is 48.7 Å². The Bertz CT molecular complexity index is 1190. The van der Waals surface area contributed by atoms with Crippen LogP contribution in [0.1, 0.15) is 31.2 Å². The maximum Gasteiger partial charge on any atom is 0.269 e. The molecule has 2 atom stereocenters. The van der Waals surface area contributed by atoms with E-state index >= 15 is 0 Å². The second kappa shape index (κ2) is 9.95. The number of nitro groups is 1. The van der Waals surface area contributed by atoms with Crippen molar-refractivity contribution in [3.05, 3.63) is 64.3 Å². The van der Waals surface area contributed by atoms with E-state index < -0.39 is 4.92 Å². The minimum absolute atomic E-state index is 0.00251. The molecule has 1 amide bonds. The first-order valence-electron chi connectivity index (χ1n) is 12.2. The average molecular weight is 478 g/mol. The summed E-state index contributed by atoms with van der Waals surface area (Å²) in [7, 11) is 0. The molecule has 2 unspecified atom stereocenters. The molecule has 2 N–H and O–H groups in total. The zero-order valence-electron chi connectivity index (χ0n) is 19.9. The van der Waals surface area contributed by atoms with Crippen molar-refractivity contribution in [2.75, 3.05) is 44.2 Å². The van der Waals surface area contributed by atoms with E-state index in [1.54, 1.807) is 12.1 Å². The van der Waals surface area contributed by atoms with Crippen LogP contribution in [0.25, 0.3) is 10.9 Å². The van der Waals surface area contributed by atoms with Gasteiger partial charge in [0, 0.05) is 67.1 Å². The second-order valence-corrected chi connectivity index (χ2v) is 9.37. The monoisotopic (exact) mass is 477 g/mol. The lowest BCUT2D eigenvalue weighted by Crippen LogP contribution is -2.50. The quantitative estimate of drug-likeness (QED) is 0.398. The molecule has 1 aromatic heterocycles. The van der Waals surface area contributed by atoms with Gasteiger partial charge in [-0.3, -0.25) is 14.9 Å². The van der Waals surface area contributed by atoms with Crippen molar-refractivity contribution < 1.29 is 14.5 Å². The number of carbonyl (C=O) groups excluding carboxylic acids is 1. The molecule has 0 saturated carbocycles. The Labute approximate surface area is 204 Å². The maximum absolute atomic E-state index is 12.8. The van der Waals surface area contributed by atoms with Crippen molar-refractivity contribution in [2.45, 2.75) is 31.7 Å². The molecule has 2 aromatic carbocycles. The molecule has 2 aliphatic heterocycles. The number of benzene rings is 2. The summed E-state index contributed by atoms with van der Waals surface area (Å²) in [5.41, 5.74) is 3.36. The molecule has 35 heavy (non-hydrogen) atoms. The lowest BCUT2D eigenvalue weighted by atomic mass is 9.92. The molecule has 0 bridgehead atoms. The number of nitro benzene ring substituents is 1. The summed E-state index contributed by atoms with van der Waals surface area (Å²) in [6.07, 6.45) is 4.50. The Morgan fingerprint density at radius 1 is 1.17 bits per heavy atom. The van der Waals surface area contributed by atoms with Crippen LogP contribution in [0.5, 0.6) is 5.75 Å². The second-order valence-electron chi connectivity index (χ2n) is 9.37. The predicted octanol–water partition coefficient (Wildman–Crippen LogP) is 3.66. The van der Waals surface area contributed by atoms with Gasteiger partial charge < -0.3 is 24.8 Å². The first-order chi connectivity index (χ1) is 17.0. The zero-order valence-corrected chi connectivity index (χ0v) is 19.9. The van der Waals surface area contributed by atoms with E-state index in [1.165, 1.54) is 30.5 Å². The van der Waals surface area contributed by atoms with Crippen LogP contribution in [-0.4, -0.2) is 66.1 Å². The number of hydrogen-bond donors (Lipinski definition) is 2. The lowest BCUT2D eigenvalue weighted by Gasteiger charge is -2.36. The van der Waals surface area contributed by atoms with Crippen LogP contribution in [0.2, 0.25) is 0 Å². The zero-order chi connectivity index (χ0) is 24.4. The summed E-state index contributed by atoms with van der Waals surface area (Å²) in [4.78, 5) is 30.6. The fourth-order valence-corrected chi connectivity index (χ4v) is 5.18. The van der Waals surface area contributed by atoms with Crippen molar-refractivity contribution in [3.8, 4) is 5.75 Å². The van der Waals surface area contributed by atoms with Gasteiger partial charge >= 0.3 is 0 Å². The number of aromatic amines is 1. The highest BCUT2D eigenvalue weighted by Gasteiger charge is 2.25. The van der Waals surface area contributed by atoms with E-state index in [4.69, 9.17) is 4.74 Å². The van der Waals surface area contributed by atoms with Crippen LogP contribution in [-0.2, 0) is 4.79 Å². The number of rotatable bonds is 7. The molecule has 0 radical (unpaired) electrons. The van der Waals surface area contributed by atoms with Crippen molar-refractivity contribution in [3.63, 3.8) is 0 Å². The number of ether oxygens (including phenoxy) is 1. The molecule has 0 aliphatic carbocycles. The highest BCUT2D eigenvalue weighted by atomic mass is 16.6. The molecule has 2 aliphatic rings. The van der Waals surface area contributed by atoms with Gasteiger partial charge in [0.2, 0.25) is 0 Å². The number of amides is 1. The fraction of sp³-hybridized carbons (Fsp3) is 0.423. The number of H-pyrrole nitrogens is 1. The number of carbonyl (C=O) groups is 1. The number of piperazine rings is 1. The van der Waals surface area contributed by atoms with Crippen LogP contribution in [0.3, 0.4) is 0 Å². The Hall–Kier alpha value is -3.59. The highest BCUT2D eigenvalue weighted by Crippen LogP contribution is 2.32. The van der Waals surface area contributed by atoms with E-state index in [1.807, 2.05) is 23.1 Å². The summed E-state index contributed by atoms with van der Waals surface area (Å²) >= 11 is 0. The van der Waals surface area contributed by atoms with Crippen LogP contribution < -0.4 is 15.0 Å². The Morgan fingerprint density at radius 2 is 1.94 bits per heavy atom. The van der Waals surface area contributed by atoms with Gasteiger partial charge in [-0.1, -0.05) is 6.92 Å². The standard InChI is InChI=1S/C26H31N5O4/c1-18(24-3-2-10-27-24)23-16-28-25-9-8-21(15-22(23)25)35-17-26(32)30-13-11-29(12-14-30)19-4-6-20(7-5-19)31(33)34/h4-9,15-16,18,24,27-28H,2-3,10-14,17H2,1H3. The minimum Gasteiger partial charge on any atom is -0.484 e. The number of fused-ring (bicyclic) bond motifs is 1. The number of nitrogens with one attached hydrogen (secondary N) is 2. The first kappa shape index (κ1) is 23.2. The smallest absolute Gasteiger partial charge is 0.269 e. The van der Waals surface area contributed by atoms with E-state index in [-0.39, 0.29) is 18.2 Å². The Morgan fingerprint density at radius 3 is 2.63 bits per heavy atom. The van der Waals surface area contributed by atoms with Gasteiger partial charge in [-0.2, -0.15) is 0 Å². The van der Waals surface area contributed by atoms with E-state index in [2.05, 4.69) is 28.3 Å². The molecule has 5 rings (SSSR count). The van der Waals surface area contributed by atoms with Crippen molar-refractivity contribution in [1.29, 1.82) is 0 Å². The third kappa shape index (κ3) is 4.95. The summed E-state index contributed by atoms with van der Waals surface area (Å²) in [5, 5.41) is 15.6. The van der Waals surface area contributed by atoms with Crippen LogP contribution in [0.4, 0.5) is 11.4 Å². The van der Waals surface area contributed by atoms with E-state index in [0.717, 1.165) is 23.1 Å². The number of aromatic nitrogens is 1. The third-order valence-corrected chi connectivity index (χ3v) is 7.30. The normalized spacial score (nSPS) is 19.2. The summed E-state index contributed by atoms with van der Waals surface area (Å²) in [5.74, 6) is 1.06. The molecule has 3 heterocycles. The summed E-state index contributed by atoms with van der Waals surface area (Å²) in [6.45, 7) is 5.88. The number of nitrogens with zero attached hydrogens (tertiary/aromatic N) is 3. The van der Waals surface area contributed by atoms with Crippen LogP contribution in [0, 0.1) is 10.1 Å². The molecule has 0 spiro atoms. The van der Waals surface area contributed by atoms with Crippen molar-refractivity contribution in [1.82, 2.24) is 15.2 Å². The number of anilines is 1. The van der Waals surface area contributed by atoms with Gasteiger partial charge in [0.15, 0.2) is 6.61 Å². The fourth-order valence-electron chi connectivity index (χ4n) is 5.18. The van der Waals surface area contributed by atoms with Crippen LogP contribution >= 0.6 is 0 Å². The molecule has 2 saturated heterocycles. The summed E-state index contributed by atoms with van der Waals surface area (Å²) < 4.78 is 5.91. The largest absolute Gasteiger partial charge is 0.484 e. The van der Waals surface area contributed by atoms with Gasteiger partial charge in [0.05, 0.1) is 4.92 Å². The lowest BCUT2D eigenvalue weighted by molar-refractivity contribution is -0.384.